The van der Waals surface area contributed by atoms with Gasteiger partial charge in [-0.15, -0.1) is 0 Å². The van der Waals surface area contributed by atoms with Crippen LogP contribution in [0, 0.1) is 5.92 Å². The van der Waals surface area contributed by atoms with E-state index in [0.29, 0.717) is 11.8 Å². The molecule has 0 aliphatic heterocycles. The molecule has 1 fully saturated rings. The fourth-order valence-electron chi connectivity index (χ4n) is 2.42. The molecule has 2 nitrogen and oxygen atoms in total. The van der Waals surface area contributed by atoms with Crippen molar-refractivity contribution in [3.8, 4) is 0 Å². The first-order valence-corrected chi connectivity index (χ1v) is 6.12. The quantitative estimate of drug-likeness (QED) is 0.866. The molecule has 1 aromatic rings. The minimum absolute atomic E-state index is 0.198. The molecule has 0 spiro atoms. The summed E-state index contributed by atoms with van der Waals surface area (Å²) in [6, 6.07) is 8.54. The van der Waals surface area contributed by atoms with Crippen LogP contribution in [0.25, 0.3) is 0 Å². The number of hydrogen-bond acceptors (Lipinski definition) is 2. The summed E-state index contributed by atoms with van der Waals surface area (Å²) in [7, 11) is 0. The van der Waals surface area contributed by atoms with E-state index in [2.05, 4.69) is 28.1 Å². The predicted molar refractivity (Wildman–Crippen MR) is 64.7 cm³/mol. The summed E-state index contributed by atoms with van der Waals surface area (Å²) in [4.78, 5) is 0. The Morgan fingerprint density at radius 1 is 1.27 bits per heavy atom. The first kappa shape index (κ1) is 11.1. The smallest absolute Gasteiger partial charge is 0.0460 e. The van der Waals surface area contributed by atoms with Gasteiger partial charge in [0.2, 0.25) is 0 Å². The number of aliphatic hydroxyl groups is 1. The van der Waals surface area contributed by atoms with E-state index in [9.17, 15) is 0 Å². The lowest BCUT2D eigenvalue weighted by Crippen LogP contribution is -2.22. The molecule has 15 heavy (non-hydrogen) atoms. The van der Waals surface area contributed by atoms with Gasteiger partial charge in [0, 0.05) is 17.1 Å². The van der Waals surface area contributed by atoms with Gasteiger partial charge in [0.05, 0.1) is 0 Å². The molecule has 1 aromatic carbocycles. The van der Waals surface area contributed by atoms with Crippen molar-refractivity contribution in [2.24, 2.45) is 11.7 Å². The number of aliphatic hydroxyl groups excluding tert-OH is 1. The molecular weight excluding hydrogens is 254 g/mol. The van der Waals surface area contributed by atoms with E-state index in [4.69, 9.17) is 10.8 Å². The van der Waals surface area contributed by atoms with Crippen molar-refractivity contribution in [2.75, 3.05) is 6.61 Å². The molecule has 0 bridgehead atoms. The van der Waals surface area contributed by atoms with E-state index in [1.165, 1.54) is 5.56 Å². The van der Waals surface area contributed by atoms with Crippen molar-refractivity contribution in [1.82, 2.24) is 0 Å². The maximum Gasteiger partial charge on any atom is 0.0460 e. The van der Waals surface area contributed by atoms with Gasteiger partial charge in [-0.05, 0) is 42.4 Å². The van der Waals surface area contributed by atoms with Gasteiger partial charge in [-0.1, -0.05) is 28.1 Å². The highest BCUT2D eigenvalue weighted by atomic mass is 79.9. The zero-order chi connectivity index (χ0) is 10.8. The largest absolute Gasteiger partial charge is 0.396 e. The predicted octanol–water partition coefficient (Wildman–Crippen LogP) is 2.26. The minimum Gasteiger partial charge on any atom is -0.396 e. The standard InChI is InChI=1S/C12H16BrNO/c13-10-3-1-9(2-4-10)11-5-8(7-15)6-12(11)14/h1-4,8,11-12,15H,5-7,14H2/t8-,11+,12-/m0/s1. The molecule has 1 aliphatic carbocycles. The molecule has 0 saturated heterocycles. The zero-order valence-corrected chi connectivity index (χ0v) is 10.2. The number of hydrogen-bond donors (Lipinski definition) is 2. The molecule has 82 valence electrons. The molecule has 0 amide bonds. The normalized spacial score (nSPS) is 30.7. The highest BCUT2D eigenvalue weighted by Crippen LogP contribution is 2.37. The van der Waals surface area contributed by atoms with Gasteiger partial charge >= 0.3 is 0 Å². The number of nitrogens with two attached hydrogens (primary N) is 1. The van der Waals surface area contributed by atoms with E-state index >= 15 is 0 Å². The van der Waals surface area contributed by atoms with Crippen LogP contribution in [-0.2, 0) is 0 Å². The van der Waals surface area contributed by atoms with Crippen molar-refractivity contribution >= 4 is 15.9 Å². The average Bonchev–Trinajstić information content (AvgIpc) is 2.61. The third-order valence-corrected chi connectivity index (χ3v) is 3.79. The Morgan fingerprint density at radius 2 is 1.93 bits per heavy atom. The summed E-state index contributed by atoms with van der Waals surface area (Å²) in [5.74, 6) is 0.795. The van der Waals surface area contributed by atoms with E-state index in [0.717, 1.165) is 17.3 Å². The molecule has 0 unspecified atom stereocenters. The van der Waals surface area contributed by atoms with E-state index in [1.807, 2.05) is 12.1 Å². The second-order valence-electron chi connectivity index (χ2n) is 4.34. The van der Waals surface area contributed by atoms with Gasteiger partial charge in [-0.2, -0.15) is 0 Å². The lowest BCUT2D eigenvalue weighted by molar-refractivity contribution is 0.228. The summed E-state index contributed by atoms with van der Waals surface area (Å²) in [6.45, 7) is 0.265. The molecule has 3 atom stereocenters. The van der Waals surface area contributed by atoms with E-state index < -0.39 is 0 Å². The van der Waals surface area contributed by atoms with Gasteiger partial charge < -0.3 is 10.8 Å². The lowest BCUT2D eigenvalue weighted by atomic mass is 9.94. The van der Waals surface area contributed by atoms with Crippen LogP contribution in [0.5, 0.6) is 0 Å². The Labute approximate surface area is 98.6 Å². The fourth-order valence-corrected chi connectivity index (χ4v) is 2.69. The molecule has 0 radical (unpaired) electrons. The summed E-state index contributed by atoms with van der Waals surface area (Å²) < 4.78 is 1.09. The average molecular weight is 270 g/mol. The Bertz CT molecular complexity index is 325. The van der Waals surface area contributed by atoms with Crippen LogP contribution in [0.15, 0.2) is 28.7 Å². The second-order valence-corrected chi connectivity index (χ2v) is 5.26. The Kier molecular flexibility index (Phi) is 3.44. The van der Waals surface area contributed by atoms with E-state index in [-0.39, 0.29) is 12.6 Å². The summed E-state index contributed by atoms with van der Waals surface area (Å²) in [5.41, 5.74) is 7.39. The highest BCUT2D eigenvalue weighted by molar-refractivity contribution is 9.10. The van der Waals surface area contributed by atoms with Crippen LogP contribution in [0.1, 0.15) is 24.3 Å². The SMILES string of the molecule is N[C@H]1C[C@@H](CO)C[C@@H]1c1ccc(Br)cc1. The van der Waals surface area contributed by atoms with Crippen LogP contribution < -0.4 is 5.73 Å². The number of rotatable bonds is 2. The topological polar surface area (TPSA) is 46.2 Å². The van der Waals surface area contributed by atoms with Crippen LogP contribution in [0.2, 0.25) is 0 Å². The van der Waals surface area contributed by atoms with Crippen LogP contribution in [-0.4, -0.2) is 17.8 Å². The summed E-state index contributed by atoms with van der Waals surface area (Å²) in [6.07, 6.45) is 1.95. The molecule has 0 aromatic heterocycles. The van der Waals surface area contributed by atoms with Crippen molar-refractivity contribution in [1.29, 1.82) is 0 Å². The van der Waals surface area contributed by atoms with Crippen molar-refractivity contribution in [2.45, 2.75) is 24.8 Å². The number of halogens is 1. The minimum atomic E-state index is 0.198. The van der Waals surface area contributed by atoms with Crippen molar-refractivity contribution < 1.29 is 5.11 Å². The third-order valence-electron chi connectivity index (χ3n) is 3.27. The van der Waals surface area contributed by atoms with Gasteiger partial charge in [0.1, 0.15) is 0 Å². The van der Waals surface area contributed by atoms with Gasteiger partial charge in [0.25, 0.3) is 0 Å². The highest BCUT2D eigenvalue weighted by Gasteiger charge is 2.32. The third kappa shape index (κ3) is 2.41. The molecule has 0 heterocycles. The van der Waals surface area contributed by atoms with Crippen molar-refractivity contribution in [3.05, 3.63) is 34.3 Å². The van der Waals surface area contributed by atoms with Crippen LogP contribution in [0.3, 0.4) is 0 Å². The molecule has 3 heteroatoms. The molecule has 2 rings (SSSR count). The molecular formula is C12H16BrNO. The molecule has 1 saturated carbocycles. The maximum absolute atomic E-state index is 9.13. The van der Waals surface area contributed by atoms with Crippen LogP contribution >= 0.6 is 15.9 Å². The number of benzene rings is 1. The van der Waals surface area contributed by atoms with Gasteiger partial charge in [0.15, 0.2) is 0 Å². The fraction of sp³-hybridized carbons (Fsp3) is 0.500. The zero-order valence-electron chi connectivity index (χ0n) is 8.57. The van der Waals surface area contributed by atoms with Gasteiger partial charge in [-0.25, -0.2) is 0 Å². The summed E-state index contributed by atoms with van der Waals surface area (Å²) >= 11 is 3.42. The Balaban J connectivity index is 2.14. The van der Waals surface area contributed by atoms with Crippen molar-refractivity contribution in [3.63, 3.8) is 0 Å². The van der Waals surface area contributed by atoms with Gasteiger partial charge in [-0.3, -0.25) is 0 Å². The monoisotopic (exact) mass is 269 g/mol. The molecule has 3 N–H and O–H groups in total. The Morgan fingerprint density at radius 3 is 2.47 bits per heavy atom. The lowest BCUT2D eigenvalue weighted by Gasteiger charge is -2.15. The molecule has 1 aliphatic rings. The van der Waals surface area contributed by atoms with E-state index in [1.54, 1.807) is 0 Å². The second kappa shape index (κ2) is 4.64. The summed E-state index contributed by atoms with van der Waals surface area (Å²) in [5, 5.41) is 9.13. The Hall–Kier alpha value is -0.380. The maximum atomic E-state index is 9.13. The van der Waals surface area contributed by atoms with Crippen LogP contribution in [0.4, 0.5) is 0 Å². The first-order valence-electron chi connectivity index (χ1n) is 5.32. The first-order chi connectivity index (χ1) is 7.20.